The molecule has 4 heteroatoms. The predicted molar refractivity (Wildman–Crippen MR) is 75.4 cm³/mol. The van der Waals surface area contributed by atoms with Crippen molar-refractivity contribution in [3.8, 4) is 0 Å². The average Bonchev–Trinajstić information content (AvgIpc) is 3.00. The van der Waals surface area contributed by atoms with Gasteiger partial charge in [0.2, 0.25) is 0 Å². The Labute approximate surface area is 115 Å². The van der Waals surface area contributed by atoms with Crippen molar-refractivity contribution >= 4 is 27.0 Å². The van der Waals surface area contributed by atoms with Crippen LogP contribution >= 0.6 is 15.9 Å². The van der Waals surface area contributed by atoms with Crippen LogP contribution in [-0.4, -0.2) is 28.0 Å². The summed E-state index contributed by atoms with van der Waals surface area (Å²) < 4.78 is 1.10. The summed E-state index contributed by atoms with van der Waals surface area (Å²) in [4.78, 5) is 10.8. The van der Waals surface area contributed by atoms with E-state index in [2.05, 4.69) is 51.1 Å². The van der Waals surface area contributed by atoms with Gasteiger partial charge in [0.1, 0.15) is 5.82 Å². The van der Waals surface area contributed by atoms with Crippen molar-refractivity contribution in [1.82, 2.24) is 14.9 Å². The molecule has 3 atom stereocenters. The Morgan fingerprint density at radius 1 is 1.39 bits per heavy atom. The Morgan fingerprint density at radius 3 is 3.06 bits per heavy atom. The van der Waals surface area contributed by atoms with Crippen LogP contribution < -0.4 is 0 Å². The zero-order valence-electron chi connectivity index (χ0n) is 10.4. The number of benzene rings is 1. The minimum absolute atomic E-state index is 0.495. The van der Waals surface area contributed by atoms with Crippen LogP contribution in [0.5, 0.6) is 0 Å². The van der Waals surface area contributed by atoms with Crippen molar-refractivity contribution in [3.63, 3.8) is 0 Å². The van der Waals surface area contributed by atoms with Crippen LogP contribution in [0.1, 0.15) is 31.1 Å². The second kappa shape index (κ2) is 3.81. The average molecular weight is 306 g/mol. The number of piperidine rings is 1. The van der Waals surface area contributed by atoms with Gasteiger partial charge in [-0.3, -0.25) is 4.90 Å². The third-order valence-electron chi connectivity index (χ3n) is 4.65. The molecular weight excluding hydrogens is 290 g/mol. The number of fused-ring (bicyclic) bond motifs is 3. The Hall–Kier alpha value is -0.870. The van der Waals surface area contributed by atoms with Crippen molar-refractivity contribution in [1.29, 1.82) is 0 Å². The van der Waals surface area contributed by atoms with Gasteiger partial charge < -0.3 is 4.98 Å². The fourth-order valence-electron chi connectivity index (χ4n) is 3.77. The molecule has 94 valence electrons. The Kier molecular flexibility index (Phi) is 2.33. The normalized spacial score (nSPS) is 31.6. The highest BCUT2D eigenvalue weighted by Crippen LogP contribution is 2.48. The summed E-state index contributed by atoms with van der Waals surface area (Å²) in [5.41, 5.74) is 2.21. The van der Waals surface area contributed by atoms with E-state index in [1.807, 2.05) is 0 Å². The molecule has 0 radical (unpaired) electrons. The predicted octanol–water partition coefficient (Wildman–Crippen LogP) is 3.48. The van der Waals surface area contributed by atoms with Gasteiger partial charge in [0.15, 0.2) is 0 Å². The third-order valence-corrected chi connectivity index (χ3v) is 5.14. The van der Waals surface area contributed by atoms with Crippen molar-refractivity contribution in [2.75, 3.05) is 7.05 Å². The lowest BCUT2D eigenvalue weighted by atomic mass is 9.98. The Bertz CT molecular complexity index is 604. The number of H-pyrrole nitrogens is 1. The summed E-state index contributed by atoms with van der Waals surface area (Å²) in [6, 6.07) is 7.51. The summed E-state index contributed by atoms with van der Waals surface area (Å²) in [6.45, 7) is 0. The topological polar surface area (TPSA) is 31.9 Å². The van der Waals surface area contributed by atoms with E-state index in [1.54, 1.807) is 0 Å². The lowest BCUT2D eigenvalue weighted by Gasteiger charge is -2.30. The maximum atomic E-state index is 4.79. The van der Waals surface area contributed by atoms with Gasteiger partial charge in [-0.1, -0.05) is 15.9 Å². The van der Waals surface area contributed by atoms with Crippen LogP contribution in [0.2, 0.25) is 0 Å². The van der Waals surface area contributed by atoms with Crippen molar-refractivity contribution in [2.45, 2.75) is 31.3 Å². The van der Waals surface area contributed by atoms with E-state index >= 15 is 0 Å². The maximum Gasteiger partial charge on any atom is 0.124 e. The first-order chi connectivity index (χ1) is 8.72. The van der Waals surface area contributed by atoms with Crippen LogP contribution in [0, 0.1) is 5.92 Å². The molecule has 1 N–H and O–H groups in total. The largest absolute Gasteiger partial charge is 0.341 e. The van der Waals surface area contributed by atoms with Gasteiger partial charge in [0.25, 0.3) is 0 Å². The molecule has 1 aromatic carbocycles. The molecule has 2 aromatic rings. The van der Waals surface area contributed by atoms with Gasteiger partial charge in [0.05, 0.1) is 17.1 Å². The van der Waals surface area contributed by atoms with Crippen LogP contribution in [0.4, 0.5) is 0 Å². The number of hydrogen-bond acceptors (Lipinski definition) is 2. The molecule has 1 saturated heterocycles. The van der Waals surface area contributed by atoms with Crippen molar-refractivity contribution in [3.05, 3.63) is 28.5 Å². The summed E-state index contributed by atoms with van der Waals surface area (Å²) in [5.74, 6) is 1.95. The number of hydrogen-bond donors (Lipinski definition) is 1. The quantitative estimate of drug-likeness (QED) is 0.874. The molecule has 1 aliphatic heterocycles. The van der Waals surface area contributed by atoms with Gasteiger partial charge in [-0.2, -0.15) is 0 Å². The van der Waals surface area contributed by atoms with Crippen molar-refractivity contribution < 1.29 is 0 Å². The Morgan fingerprint density at radius 2 is 2.28 bits per heavy atom. The standard InChI is InChI=1S/C14H16BrN3/c1-18-10-4-2-8(6-10)13(18)14-16-11-5-3-9(15)7-12(11)17-14/h3,5,7-8,10,13H,2,4,6H2,1H3,(H,16,17)/t8-,10+,13-/m0/s1. The van der Waals surface area contributed by atoms with Gasteiger partial charge >= 0.3 is 0 Å². The number of nitrogens with zero attached hydrogens (tertiary/aromatic N) is 2. The summed E-state index contributed by atoms with van der Waals surface area (Å²) in [7, 11) is 2.25. The first-order valence-electron chi connectivity index (χ1n) is 6.59. The van der Waals surface area contributed by atoms with E-state index in [0.717, 1.165) is 33.3 Å². The highest BCUT2D eigenvalue weighted by Gasteiger charge is 2.45. The highest BCUT2D eigenvalue weighted by molar-refractivity contribution is 9.10. The molecule has 4 rings (SSSR count). The lowest BCUT2D eigenvalue weighted by molar-refractivity contribution is 0.171. The van der Waals surface area contributed by atoms with E-state index in [1.165, 1.54) is 19.3 Å². The summed E-state index contributed by atoms with van der Waals surface area (Å²) in [5, 5.41) is 0. The smallest absolute Gasteiger partial charge is 0.124 e. The minimum Gasteiger partial charge on any atom is -0.341 e. The van der Waals surface area contributed by atoms with Crippen LogP contribution in [0.3, 0.4) is 0 Å². The number of rotatable bonds is 1. The van der Waals surface area contributed by atoms with E-state index in [9.17, 15) is 0 Å². The second-order valence-corrected chi connectivity index (χ2v) is 6.54. The van der Waals surface area contributed by atoms with Crippen molar-refractivity contribution in [2.24, 2.45) is 5.92 Å². The van der Waals surface area contributed by atoms with E-state index in [4.69, 9.17) is 4.98 Å². The number of aromatic amines is 1. The summed E-state index contributed by atoms with van der Waals surface area (Å²) >= 11 is 3.51. The zero-order valence-corrected chi connectivity index (χ0v) is 11.9. The third kappa shape index (κ3) is 1.48. The molecule has 1 aliphatic carbocycles. The number of aromatic nitrogens is 2. The molecule has 0 spiro atoms. The van der Waals surface area contributed by atoms with Gasteiger partial charge in [-0.05, 0) is 50.4 Å². The number of halogens is 1. The van der Waals surface area contributed by atoms with E-state index in [-0.39, 0.29) is 0 Å². The molecule has 2 bridgehead atoms. The van der Waals surface area contributed by atoms with Gasteiger partial charge in [-0.15, -0.1) is 0 Å². The van der Waals surface area contributed by atoms with Crippen LogP contribution in [0.15, 0.2) is 22.7 Å². The molecule has 18 heavy (non-hydrogen) atoms. The van der Waals surface area contributed by atoms with E-state index < -0.39 is 0 Å². The molecule has 1 aromatic heterocycles. The fourth-order valence-corrected chi connectivity index (χ4v) is 4.13. The lowest BCUT2D eigenvalue weighted by Crippen LogP contribution is -2.31. The Balaban J connectivity index is 1.78. The van der Waals surface area contributed by atoms with Gasteiger partial charge in [0, 0.05) is 10.5 Å². The molecule has 2 aliphatic rings. The van der Waals surface area contributed by atoms with Gasteiger partial charge in [-0.25, -0.2) is 4.98 Å². The number of likely N-dealkylation sites (tertiary alicyclic amines) is 1. The maximum absolute atomic E-state index is 4.79. The molecular formula is C14H16BrN3. The van der Waals surface area contributed by atoms with Crippen LogP contribution in [0.25, 0.3) is 11.0 Å². The fraction of sp³-hybridized carbons (Fsp3) is 0.500. The first kappa shape index (κ1) is 11.0. The second-order valence-electron chi connectivity index (χ2n) is 5.62. The minimum atomic E-state index is 0.495. The SMILES string of the molecule is CN1[C@@H]2CC[C@@H](C2)[C@H]1c1nc2ccc(Br)cc2[nH]1. The monoisotopic (exact) mass is 305 g/mol. The van der Waals surface area contributed by atoms with Crippen LogP contribution in [-0.2, 0) is 0 Å². The van der Waals surface area contributed by atoms with E-state index in [0.29, 0.717) is 6.04 Å². The molecule has 0 amide bonds. The molecule has 2 fully saturated rings. The highest BCUT2D eigenvalue weighted by atomic mass is 79.9. The number of nitrogens with one attached hydrogen (secondary N) is 1. The summed E-state index contributed by atoms with van der Waals surface area (Å²) in [6.07, 6.45) is 4.08. The number of imidazole rings is 1. The molecule has 0 unspecified atom stereocenters. The first-order valence-corrected chi connectivity index (χ1v) is 7.39. The zero-order chi connectivity index (χ0) is 12.3. The molecule has 3 nitrogen and oxygen atoms in total. The molecule has 2 heterocycles. The molecule has 1 saturated carbocycles.